The molecule has 4 rings (SSSR count). The maximum Gasteiger partial charge on any atom is 0.308 e. The van der Waals surface area contributed by atoms with Gasteiger partial charge in [0.05, 0.1) is 27.1 Å². The quantitative estimate of drug-likeness (QED) is 0.837. The number of benzene rings is 1. The van der Waals surface area contributed by atoms with Gasteiger partial charge in [0.1, 0.15) is 0 Å². The Morgan fingerprint density at radius 3 is 2.81 bits per heavy atom. The van der Waals surface area contributed by atoms with Crippen molar-refractivity contribution in [3.63, 3.8) is 0 Å². The summed E-state index contributed by atoms with van der Waals surface area (Å²) in [5.74, 6) is -1.21. The molecule has 136 valence electrons. The lowest BCUT2D eigenvalue weighted by molar-refractivity contribution is -0.147. The third kappa shape index (κ3) is 3.26. The van der Waals surface area contributed by atoms with Crippen LogP contribution in [0.25, 0.3) is 10.2 Å². The van der Waals surface area contributed by atoms with Gasteiger partial charge in [-0.05, 0) is 37.8 Å². The van der Waals surface area contributed by atoms with Crippen molar-refractivity contribution < 1.29 is 14.7 Å². The first kappa shape index (κ1) is 17.2. The van der Waals surface area contributed by atoms with E-state index in [1.807, 2.05) is 18.2 Å². The van der Waals surface area contributed by atoms with Crippen LogP contribution in [0.1, 0.15) is 36.6 Å². The van der Waals surface area contributed by atoms with Gasteiger partial charge in [-0.25, -0.2) is 4.98 Å². The normalized spacial score (nSPS) is 26.2. The van der Waals surface area contributed by atoms with Gasteiger partial charge in [-0.2, -0.15) is 0 Å². The van der Waals surface area contributed by atoms with Gasteiger partial charge in [0, 0.05) is 19.0 Å². The monoisotopic (exact) mass is 370 g/mol. The van der Waals surface area contributed by atoms with E-state index >= 15 is 0 Å². The number of thiazole rings is 1. The van der Waals surface area contributed by atoms with E-state index in [0.717, 1.165) is 28.1 Å². The first-order chi connectivity index (χ1) is 12.6. The summed E-state index contributed by atoms with van der Waals surface area (Å²) in [5, 5.41) is 10.3. The second-order valence-corrected chi connectivity index (χ2v) is 8.20. The number of carboxylic acid groups (broad SMARTS) is 1. The fraction of sp³-hybridized carbons (Fsp3) is 0.450. The SMILES string of the molecule is O=C(O)[C@@H]1CCCN(C(=O)[C@H]2CC=CC[C@H]2c2nc3ccccc3s2)C1. The van der Waals surface area contributed by atoms with Gasteiger partial charge in [0.15, 0.2) is 0 Å². The van der Waals surface area contributed by atoms with E-state index in [2.05, 4.69) is 18.2 Å². The average Bonchev–Trinajstić information content (AvgIpc) is 3.11. The van der Waals surface area contributed by atoms with Crippen molar-refractivity contribution in [3.8, 4) is 0 Å². The lowest BCUT2D eigenvalue weighted by atomic mass is 9.81. The Bertz CT molecular complexity index is 827. The molecular weight excluding hydrogens is 348 g/mol. The van der Waals surface area contributed by atoms with Crippen LogP contribution in [0, 0.1) is 11.8 Å². The third-order valence-corrected chi connectivity index (χ3v) is 6.63. The molecule has 2 aliphatic rings. The van der Waals surface area contributed by atoms with E-state index in [1.165, 1.54) is 0 Å². The standard InChI is InChI=1S/C20H22N2O3S/c23-19(22-11-5-6-13(12-22)20(24)25)15-8-2-1-7-14(15)18-21-16-9-3-4-10-17(16)26-18/h1-4,9-10,13-15H,5-8,11-12H2,(H,24,25)/t13-,14-,15+/m1/s1. The van der Waals surface area contributed by atoms with Crippen LogP contribution in [-0.2, 0) is 9.59 Å². The predicted molar refractivity (Wildman–Crippen MR) is 101 cm³/mol. The van der Waals surface area contributed by atoms with E-state index in [4.69, 9.17) is 4.98 Å². The van der Waals surface area contributed by atoms with Gasteiger partial charge in [-0.3, -0.25) is 9.59 Å². The minimum Gasteiger partial charge on any atom is -0.481 e. The molecular formula is C20H22N2O3S. The molecule has 1 aromatic carbocycles. The van der Waals surface area contributed by atoms with Crippen molar-refractivity contribution in [2.75, 3.05) is 13.1 Å². The summed E-state index contributed by atoms with van der Waals surface area (Å²) < 4.78 is 1.15. The summed E-state index contributed by atoms with van der Waals surface area (Å²) in [6.45, 7) is 0.996. The average molecular weight is 370 g/mol. The molecule has 26 heavy (non-hydrogen) atoms. The predicted octanol–water partition coefficient (Wildman–Crippen LogP) is 3.67. The second-order valence-electron chi connectivity index (χ2n) is 7.14. The highest BCUT2D eigenvalue weighted by Crippen LogP contribution is 2.39. The van der Waals surface area contributed by atoms with Crippen molar-refractivity contribution >= 4 is 33.4 Å². The largest absolute Gasteiger partial charge is 0.481 e. The van der Waals surface area contributed by atoms with Gasteiger partial charge in [0.25, 0.3) is 0 Å². The van der Waals surface area contributed by atoms with Crippen molar-refractivity contribution in [3.05, 3.63) is 41.4 Å². The number of likely N-dealkylation sites (tertiary alicyclic amines) is 1. The van der Waals surface area contributed by atoms with E-state index in [0.29, 0.717) is 25.9 Å². The highest BCUT2D eigenvalue weighted by atomic mass is 32.1. The molecule has 2 aromatic rings. The van der Waals surface area contributed by atoms with Crippen molar-refractivity contribution in [1.82, 2.24) is 9.88 Å². The summed E-state index contributed by atoms with van der Waals surface area (Å²) in [6.07, 6.45) is 7.14. The lowest BCUT2D eigenvalue weighted by Crippen LogP contribution is -2.46. The van der Waals surface area contributed by atoms with Crippen LogP contribution in [0.15, 0.2) is 36.4 Å². The van der Waals surface area contributed by atoms with E-state index < -0.39 is 11.9 Å². The molecule has 1 aliphatic heterocycles. The molecule has 0 unspecified atom stereocenters. The van der Waals surface area contributed by atoms with Crippen LogP contribution in [0.4, 0.5) is 0 Å². The summed E-state index contributed by atoms with van der Waals surface area (Å²) in [5.41, 5.74) is 0.983. The number of nitrogens with zero attached hydrogens (tertiary/aromatic N) is 2. The zero-order chi connectivity index (χ0) is 18.1. The summed E-state index contributed by atoms with van der Waals surface area (Å²) >= 11 is 1.67. The summed E-state index contributed by atoms with van der Waals surface area (Å²) in [4.78, 5) is 31.1. The molecule has 3 atom stereocenters. The van der Waals surface area contributed by atoms with E-state index in [-0.39, 0.29) is 17.7 Å². The first-order valence-electron chi connectivity index (χ1n) is 9.15. The van der Waals surface area contributed by atoms with Crippen LogP contribution in [0.3, 0.4) is 0 Å². The third-order valence-electron chi connectivity index (χ3n) is 5.46. The van der Waals surface area contributed by atoms with Gasteiger partial charge < -0.3 is 10.0 Å². The molecule has 2 heterocycles. The van der Waals surface area contributed by atoms with Crippen molar-refractivity contribution in [2.45, 2.75) is 31.6 Å². The van der Waals surface area contributed by atoms with E-state index in [1.54, 1.807) is 16.2 Å². The van der Waals surface area contributed by atoms with Crippen LogP contribution in [0.5, 0.6) is 0 Å². The highest BCUT2D eigenvalue weighted by molar-refractivity contribution is 7.18. The first-order valence-corrected chi connectivity index (χ1v) is 9.97. The van der Waals surface area contributed by atoms with Crippen LogP contribution in [0.2, 0.25) is 0 Å². The molecule has 1 amide bonds. The number of aliphatic carboxylic acids is 1. The Kier molecular flexibility index (Phi) is 4.76. The topological polar surface area (TPSA) is 70.5 Å². The number of aromatic nitrogens is 1. The molecule has 1 aliphatic carbocycles. The molecule has 0 spiro atoms. The Balaban J connectivity index is 1.58. The number of allylic oxidation sites excluding steroid dienone is 2. The second kappa shape index (κ2) is 7.19. The molecule has 1 fully saturated rings. The molecule has 1 aromatic heterocycles. The molecule has 0 radical (unpaired) electrons. The Morgan fingerprint density at radius 2 is 2.00 bits per heavy atom. The molecule has 0 bridgehead atoms. The number of hydrogen-bond acceptors (Lipinski definition) is 4. The number of carbonyl (C=O) groups excluding carboxylic acids is 1. The summed E-state index contributed by atoms with van der Waals surface area (Å²) in [6, 6.07) is 8.06. The zero-order valence-electron chi connectivity index (χ0n) is 14.5. The smallest absolute Gasteiger partial charge is 0.308 e. The van der Waals surface area contributed by atoms with Crippen LogP contribution in [-0.4, -0.2) is 40.0 Å². The van der Waals surface area contributed by atoms with Gasteiger partial charge in [-0.1, -0.05) is 24.3 Å². The fourth-order valence-corrected chi connectivity index (χ4v) is 5.17. The minimum absolute atomic E-state index is 0.0788. The van der Waals surface area contributed by atoms with Crippen molar-refractivity contribution in [2.24, 2.45) is 11.8 Å². The van der Waals surface area contributed by atoms with Gasteiger partial charge in [0.2, 0.25) is 5.91 Å². The summed E-state index contributed by atoms with van der Waals surface area (Å²) in [7, 11) is 0. The Hall–Kier alpha value is -2.21. The number of fused-ring (bicyclic) bond motifs is 1. The maximum absolute atomic E-state index is 13.2. The lowest BCUT2D eigenvalue weighted by Gasteiger charge is -2.36. The molecule has 1 saturated heterocycles. The zero-order valence-corrected chi connectivity index (χ0v) is 15.3. The molecule has 6 heteroatoms. The number of piperidine rings is 1. The minimum atomic E-state index is -0.797. The van der Waals surface area contributed by atoms with Gasteiger partial charge in [-0.15, -0.1) is 11.3 Å². The Labute approximate surface area is 156 Å². The number of amides is 1. The van der Waals surface area contributed by atoms with Gasteiger partial charge >= 0.3 is 5.97 Å². The highest BCUT2D eigenvalue weighted by Gasteiger charge is 2.37. The molecule has 1 N–H and O–H groups in total. The van der Waals surface area contributed by atoms with E-state index in [9.17, 15) is 14.7 Å². The molecule has 5 nitrogen and oxygen atoms in total. The van der Waals surface area contributed by atoms with Crippen LogP contribution >= 0.6 is 11.3 Å². The number of rotatable bonds is 3. The number of carboxylic acids is 1. The maximum atomic E-state index is 13.2. The Morgan fingerprint density at radius 1 is 1.19 bits per heavy atom. The van der Waals surface area contributed by atoms with Crippen molar-refractivity contribution in [1.29, 1.82) is 0 Å². The number of hydrogen-bond donors (Lipinski definition) is 1. The fourth-order valence-electron chi connectivity index (χ4n) is 4.02. The van der Waals surface area contributed by atoms with Crippen LogP contribution < -0.4 is 0 Å². The molecule has 0 saturated carbocycles. The number of carbonyl (C=O) groups is 2. The number of para-hydroxylation sites is 1.